The third-order valence-electron chi connectivity index (χ3n) is 4.30. The van der Waals surface area contributed by atoms with E-state index in [0.29, 0.717) is 6.29 Å². The Morgan fingerprint density at radius 1 is 1.16 bits per heavy atom. The van der Waals surface area contributed by atoms with Crippen molar-refractivity contribution >= 4 is 25.3 Å². The zero-order valence-corrected chi connectivity index (χ0v) is 14.3. The molecule has 0 N–H and O–H groups in total. The molecule has 3 heterocycles. The van der Waals surface area contributed by atoms with Crippen molar-refractivity contribution in [2.24, 2.45) is 0 Å². The van der Waals surface area contributed by atoms with E-state index < -0.39 is 48.7 Å². The molecule has 0 aliphatic carbocycles. The van der Waals surface area contributed by atoms with Gasteiger partial charge in [-0.15, -0.1) is 0 Å². The van der Waals surface area contributed by atoms with E-state index in [0.717, 1.165) is 0 Å². The molecule has 9 nitrogen and oxygen atoms in total. The SMILES string of the molecule is C=C[C@@]1(C=O)O[C@@H](B2OC(=O)CN(C)CC(=O)O2)[C@@H]2OC(C)(C)O[C@@H]21. The summed E-state index contributed by atoms with van der Waals surface area (Å²) in [5, 5.41) is 0. The van der Waals surface area contributed by atoms with E-state index in [9.17, 15) is 14.4 Å². The summed E-state index contributed by atoms with van der Waals surface area (Å²) in [6.07, 6.45) is 0.292. The standard InChI is InChI=1S/C15H20BNO8/c1-5-15(8-18)12-11(21-14(2,3)22-12)13(23-15)16-24-9(19)6-17(4)7-10(20)25-16/h5,8,11-13H,1,6-7H2,2-4H3/t11-,12+,13-,15+/m1/s1. The Kier molecular flexibility index (Phi) is 4.48. The van der Waals surface area contributed by atoms with Gasteiger partial charge < -0.3 is 23.5 Å². The molecule has 0 aromatic carbocycles. The van der Waals surface area contributed by atoms with Gasteiger partial charge in [0.1, 0.15) is 12.2 Å². The summed E-state index contributed by atoms with van der Waals surface area (Å²) >= 11 is 0. The second kappa shape index (κ2) is 6.20. The monoisotopic (exact) mass is 353 g/mol. The highest BCUT2D eigenvalue weighted by molar-refractivity contribution is 6.51. The number of hydrogen-bond donors (Lipinski definition) is 0. The maximum atomic E-state index is 12.0. The molecule has 0 bridgehead atoms. The highest BCUT2D eigenvalue weighted by Crippen LogP contribution is 2.44. The van der Waals surface area contributed by atoms with Crippen molar-refractivity contribution in [2.75, 3.05) is 20.1 Å². The van der Waals surface area contributed by atoms with Crippen LogP contribution in [0.2, 0.25) is 0 Å². The average Bonchev–Trinajstić information content (AvgIpc) is 2.96. The molecule has 0 radical (unpaired) electrons. The first kappa shape index (κ1) is 18.1. The number of hydrogen-bond acceptors (Lipinski definition) is 9. The lowest BCUT2D eigenvalue weighted by molar-refractivity contribution is -0.192. The van der Waals surface area contributed by atoms with Gasteiger partial charge in [-0.3, -0.25) is 19.3 Å². The van der Waals surface area contributed by atoms with Gasteiger partial charge in [-0.2, -0.15) is 0 Å². The van der Waals surface area contributed by atoms with E-state index >= 15 is 0 Å². The first-order valence-corrected chi connectivity index (χ1v) is 7.90. The molecule has 4 atom stereocenters. The third-order valence-corrected chi connectivity index (χ3v) is 4.30. The largest absolute Gasteiger partial charge is 0.632 e. The van der Waals surface area contributed by atoms with Crippen molar-refractivity contribution in [3.63, 3.8) is 0 Å². The Balaban J connectivity index is 1.90. The van der Waals surface area contributed by atoms with Crippen LogP contribution in [0.3, 0.4) is 0 Å². The normalized spacial score (nSPS) is 38.4. The van der Waals surface area contributed by atoms with Gasteiger partial charge in [0, 0.05) is 0 Å². The van der Waals surface area contributed by atoms with Crippen LogP contribution < -0.4 is 0 Å². The van der Waals surface area contributed by atoms with E-state index in [-0.39, 0.29) is 13.1 Å². The number of carbonyl (C=O) groups is 3. The van der Waals surface area contributed by atoms with Crippen LogP contribution in [0.1, 0.15) is 13.8 Å². The fourth-order valence-corrected chi connectivity index (χ4v) is 3.25. The number of nitrogens with zero attached hydrogens (tertiary/aromatic N) is 1. The topological polar surface area (TPSA) is 101 Å². The quantitative estimate of drug-likeness (QED) is 0.362. The smallest absolute Gasteiger partial charge is 0.496 e. The van der Waals surface area contributed by atoms with Gasteiger partial charge in [-0.05, 0) is 20.9 Å². The Bertz CT molecular complexity index is 580. The highest BCUT2D eigenvalue weighted by atomic mass is 16.8. The van der Waals surface area contributed by atoms with Gasteiger partial charge in [0.2, 0.25) is 0 Å². The summed E-state index contributed by atoms with van der Waals surface area (Å²) in [4.78, 5) is 37.1. The molecular formula is C15H20BNO8. The molecule has 3 fully saturated rings. The summed E-state index contributed by atoms with van der Waals surface area (Å²) in [5.41, 5.74) is -1.49. The number of carbonyl (C=O) groups excluding carboxylic acids is 3. The molecule has 0 spiro atoms. The summed E-state index contributed by atoms with van der Waals surface area (Å²) < 4.78 is 27.8. The molecule has 10 heteroatoms. The van der Waals surface area contributed by atoms with E-state index in [1.807, 2.05) is 0 Å². The summed E-state index contributed by atoms with van der Waals surface area (Å²) in [7, 11) is 0.247. The predicted octanol–water partition coefficient (Wildman–Crippen LogP) is -0.912. The van der Waals surface area contributed by atoms with Crippen LogP contribution in [-0.4, -0.2) is 80.0 Å². The van der Waals surface area contributed by atoms with Crippen molar-refractivity contribution < 1.29 is 37.9 Å². The van der Waals surface area contributed by atoms with E-state index in [1.165, 1.54) is 11.0 Å². The van der Waals surface area contributed by atoms with Crippen molar-refractivity contribution in [1.82, 2.24) is 4.90 Å². The van der Waals surface area contributed by atoms with E-state index in [4.69, 9.17) is 23.5 Å². The first-order chi connectivity index (χ1) is 11.7. The maximum absolute atomic E-state index is 12.0. The molecule has 3 rings (SSSR count). The van der Waals surface area contributed by atoms with Crippen molar-refractivity contribution in [3.8, 4) is 0 Å². The van der Waals surface area contributed by atoms with Crippen molar-refractivity contribution in [1.29, 1.82) is 0 Å². The van der Waals surface area contributed by atoms with Gasteiger partial charge in [-0.25, -0.2) is 0 Å². The number of likely N-dealkylation sites (N-methyl/N-ethyl adjacent to an activating group) is 1. The first-order valence-electron chi connectivity index (χ1n) is 7.90. The fraction of sp³-hybridized carbons (Fsp3) is 0.667. The average molecular weight is 353 g/mol. The number of fused-ring (bicyclic) bond motifs is 1. The van der Waals surface area contributed by atoms with E-state index in [2.05, 4.69) is 6.58 Å². The lowest BCUT2D eigenvalue weighted by Crippen LogP contribution is -2.51. The number of rotatable bonds is 3. The second-order valence-corrected chi connectivity index (χ2v) is 6.80. The lowest BCUT2D eigenvalue weighted by Gasteiger charge is -2.29. The van der Waals surface area contributed by atoms with Crippen LogP contribution in [-0.2, 0) is 37.9 Å². The number of ether oxygens (including phenoxy) is 3. The van der Waals surface area contributed by atoms with Crippen LogP contribution in [0.15, 0.2) is 12.7 Å². The molecule has 3 saturated heterocycles. The van der Waals surface area contributed by atoms with E-state index in [1.54, 1.807) is 20.9 Å². The minimum Gasteiger partial charge on any atom is -0.496 e. The third kappa shape index (κ3) is 3.22. The Morgan fingerprint density at radius 2 is 1.76 bits per heavy atom. The Morgan fingerprint density at radius 3 is 2.28 bits per heavy atom. The zero-order valence-electron chi connectivity index (χ0n) is 14.3. The van der Waals surface area contributed by atoms with Gasteiger partial charge >= 0.3 is 19.1 Å². The molecule has 0 aromatic rings. The lowest BCUT2D eigenvalue weighted by atomic mass is 9.76. The second-order valence-electron chi connectivity index (χ2n) is 6.80. The summed E-state index contributed by atoms with van der Waals surface area (Å²) in [6.45, 7) is 6.86. The minimum atomic E-state index is -1.49. The van der Waals surface area contributed by atoms with Gasteiger partial charge in [0.25, 0.3) is 0 Å². The van der Waals surface area contributed by atoms with Crippen molar-refractivity contribution in [2.45, 2.75) is 43.4 Å². The number of aldehydes is 1. The maximum Gasteiger partial charge on any atom is 0.632 e. The summed E-state index contributed by atoms with van der Waals surface area (Å²) in [6, 6.07) is -1.02. The fourth-order valence-electron chi connectivity index (χ4n) is 3.25. The van der Waals surface area contributed by atoms with Gasteiger partial charge in [0.15, 0.2) is 23.7 Å². The highest BCUT2D eigenvalue weighted by Gasteiger charge is 2.67. The van der Waals surface area contributed by atoms with Crippen LogP contribution in [0, 0.1) is 0 Å². The molecule has 0 aromatic heterocycles. The molecule has 0 amide bonds. The van der Waals surface area contributed by atoms with Crippen molar-refractivity contribution in [3.05, 3.63) is 12.7 Å². The molecule has 3 aliphatic rings. The zero-order chi connectivity index (χ0) is 18.4. The Labute approximate surface area is 145 Å². The van der Waals surface area contributed by atoms with Gasteiger partial charge in [-0.1, -0.05) is 12.7 Å². The molecule has 3 aliphatic heterocycles. The molecular weight excluding hydrogens is 333 g/mol. The predicted molar refractivity (Wildman–Crippen MR) is 83.1 cm³/mol. The van der Waals surface area contributed by atoms with Crippen LogP contribution in [0.25, 0.3) is 0 Å². The summed E-state index contributed by atoms with van der Waals surface area (Å²) in [5.74, 6) is -2.15. The van der Waals surface area contributed by atoms with Gasteiger partial charge in [0.05, 0.1) is 13.1 Å². The minimum absolute atomic E-state index is 0.0739. The molecule has 136 valence electrons. The Hall–Kier alpha value is -1.75. The van der Waals surface area contributed by atoms with Crippen LogP contribution >= 0.6 is 0 Å². The van der Waals surface area contributed by atoms with Crippen LogP contribution in [0.4, 0.5) is 0 Å². The molecule has 0 saturated carbocycles. The van der Waals surface area contributed by atoms with Crippen LogP contribution in [0.5, 0.6) is 0 Å². The molecule has 25 heavy (non-hydrogen) atoms. The molecule has 0 unspecified atom stereocenters.